The highest BCUT2D eigenvalue weighted by Crippen LogP contribution is 2.49. The fourth-order valence-corrected chi connectivity index (χ4v) is 6.14. The van der Waals surface area contributed by atoms with Crippen molar-refractivity contribution in [2.75, 3.05) is 0 Å². The number of rotatable bonds is 9. The van der Waals surface area contributed by atoms with Gasteiger partial charge in [-0.05, 0) is 96.8 Å². The van der Waals surface area contributed by atoms with E-state index < -0.39 is 9.85 Å². The minimum absolute atomic E-state index is 0.0184. The van der Waals surface area contributed by atoms with Crippen LogP contribution in [0.2, 0.25) is 0 Å². The Kier molecular flexibility index (Phi) is 8.06. The molecule has 5 aromatic rings. The molecule has 0 atom stereocenters. The molecule has 6 rings (SSSR count). The van der Waals surface area contributed by atoms with E-state index in [-0.39, 0.29) is 16.8 Å². The second-order valence-electron chi connectivity index (χ2n) is 11.0. The fraction of sp³-hybridized carbons (Fsp3) is 0.167. The molecule has 0 saturated heterocycles. The molecule has 0 heterocycles. The molecule has 8 nitrogen and oxygen atoms in total. The van der Waals surface area contributed by atoms with Crippen molar-refractivity contribution in [1.29, 1.82) is 0 Å². The predicted octanol–water partition coefficient (Wildman–Crippen LogP) is 9.73. The smallest absolute Gasteiger partial charge is 0.269 e. The van der Waals surface area contributed by atoms with Crippen molar-refractivity contribution < 1.29 is 19.3 Å². The van der Waals surface area contributed by atoms with Gasteiger partial charge in [-0.3, -0.25) is 20.2 Å². The van der Waals surface area contributed by atoms with E-state index in [1.807, 2.05) is 24.3 Å². The van der Waals surface area contributed by atoms with Gasteiger partial charge in [-0.2, -0.15) is 0 Å². The second-order valence-corrected chi connectivity index (χ2v) is 11.0. The van der Waals surface area contributed by atoms with E-state index in [0.29, 0.717) is 28.9 Å². The van der Waals surface area contributed by atoms with Gasteiger partial charge in [0, 0.05) is 29.7 Å². The quantitative estimate of drug-likeness (QED) is 0.126. The van der Waals surface area contributed by atoms with Gasteiger partial charge in [-0.25, -0.2) is 0 Å². The number of nitro benzene ring substituents is 2. The van der Waals surface area contributed by atoms with Crippen LogP contribution < -0.4 is 9.47 Å². The van der Waals surface area contributed by atoms with Gasteiger partial charge >= 0.3 is 0 Å². The van der Waals surface area contributed by atoms with Gasteiger partial charge in [0.05, 0.1) is 9.85 Å². The highest BCUT2D eigenvalue weighted by atomic mass is 16.6. The Labute approximate surface area is 254 Å². The summed E-state index contributed by atoms with van der Waals surface area (Å²) >= 11 is 0. The van der Waals surface area contributed by atoms with E-state index in [1.54, 1.807) is 24.3 Å². The first-order valence-electron chi connectivity index (χ1n) is 14.5. The van der Waals surface area contributed by atoms with Crippen LogP contribution in [0, 0.1) is 20.2 Å². The zero-order chi connectivity index (χ0) is 30.5. The third-order valence-corrected chi connectivity index (χ3v) is 8.49. The topological polar surface area (TPSA) is 105 Å². The Morgan fingerprint density at radius 1 is 0.523 bits per heavy atom. The maximum Gasteiger partial charge on any atom is 0.269 e. The Hall–Kier alpha value is -5.50. The van der Waals surface area contributed by atoms with Gasteiger partial charge < -0.3 is 9.47 Å². The number of non-ortho nitro benzene ring substituents is 2. The maximum absolute atomic E-state index is 11.0. The Bertz CT molecular complexity index is 1620. The van der Waals surface area contributed by atoms with Crippen LogP contribution in [0.4, 0.5) is 11.4 Å². The van der Waals surface area contributed by atoms with E-state index in [4.69, 9.17) is 9.47 Å². The number of benzene rings is 5. The second kappa shape index (κ2) is 12.4. The minimum atomic E-state index is -0.432. The zero-order valence-corrected chi connectivity index (χ0v) is 23.9. The van der Waals surface area contributed by atoms with Gasteiger partial charge in [0.25, 0.3) is 11.4 Å². The van der Waals surface area contributed by atoms with Gasteiger partial charge in [0.2, 0.25) is 0 Å². The molecule has 8 heteroatoms. The van der Waals surface area contributed by atoms with Crippen molar-refractivity contribution in [1.82, 2.24) is 0 Å². The minimum Gasteiger partial charge on any atom is -0.457 e. The summed E-state index contributed by atoms with van der Waals surface area (Å²) in [7, 11) is 0. The van der Waals surface area contributed by atoms with Crippen LogP contribution in [0.3, 0.4) is 0 Å². The maximum atomic E-state index is 11.0. The molecule has 0 radical (unpaired) electrons. The van der Waals surface area contributed by atoms with E-state index in [9.17, 15) is 20.2 Å². The number of hydrogen-bond acceptors (Lipinski definition) is 6. The third-order valence-electron chi connectivity index (χ3n) is 8.49. The first-order chi connectivity index (χ1) is 21.4. The lowest BCUT2D eigenvalue weighted by atomic mass is 9.62. The lowest BCUT2D eigenvalue weighted by molar-refractivity contribution is -0.385. The lowest BCUT2D eigenvalue weighted by Gasteiger charge is -2.41. The van der Waals surface area contributed by atoms with E-state index >= 15 is 0 Å². The van der Waals surface area contributed by atoms with Gasteiger partial charge in [0.15, 0.2) is 0 Å². The summed E-state index contributed by atoms with van der Waals surface area (Å²) in [5.74, 6) is 2.87. The average Bonchev–Trinajstić information content (AvgIpc) is 3.06. The Morgan fingerprint density at radius 2 is 0.886 bits per heavy atom. The van der Waals surface area contributed by atoms with Crippen molar-refractivity contribution in [2.45, 2.75) is 37.0 Å². The SMILES string of the molecule is O=[N+]([O-])c1ccc(Oc2ccc(C3(c4ccc(Oc5ccc([N+](=O)[O-])cc5)cc4)CCC(c4ccccc4)CC3)cc2)cc1. The summed E-state index contributed by atoms with van der Waals surface area (Å²) in [6.45, 7) is 0. The van der Waals surface area contributed by atoms with Crippen LogP contribution in [-0.2, 0) is 5.41 Å². The molecule has 0 amide bonds. The molecule has 0 aliphatic heterocycles. The van der Waals surface area contributed by atoms with Crippen molar-refractivity contribution in [2.24, 2.45) is 0 Å². The average molecular weight is 587 g/mol. The van der Waals surface area contributed by atoms with Crippen LogP contribution in [0.15, 0.2) is 127 Å². The van der Waals surface area contributed by atoms with Crippen molar-refractivity contribution >= 4 is 11.4 Å². The van der Waals surface area contributed by atoms with Crippen LogP contribution in [-0.4, -0.2) is 9.85 Å². The first kappa shape index (κ1) is 28.6. The van der Waals surface area contributed by atoms with Crippen molar-refractivity contribution in [3.05, 3.63) is 164 Å². The molecular formula is C36H30N2O6. The molecule has 5 aromatic carbocycles. The number of nitrogens with zero attached hydrogens (tertiary/aromatic N) is 2. The number of hydrogen-bond donors (Lipinski definition) is 0. The summed E-state index contributed by atoms with van der Waals surface area (Å²) in [4.78, 5) is 21.1. The molecule has 44 heavy (non-hydrogen) atoms. The fourth-order valence-electron chi connectivity index (χ4n) is 6.14. The van der Waals surface area contributed by atoms with Gasteiger partial charge in [-0.15, -0.1) is 0 Å². The van der Waals surface area contributed by atoms with Gasteiger partial charge in [0.1, 0.15) is 23.0 Å². The Balaban J connectivity index is 1.25. The van der Waals surface area contributed by atoms with E-state index in [0.717, 1.165) is 25.7 Å². The Morgan fingerprint density at radius 3 is 1.25 bits per heavy atom. The van der Waals surface area contributed by atoms with Crippen LogP contribution in [0.5, 0.6) is 23.0 Å². The van der Waals surface area contributed by atoms with Crippen LogP contribution in [0.1, 0.15) is 48.3 Å². The van der Waals surface area contributed by atoms with E-state index in [1.165, 1.54) is 41.0 Å². The predicted molar refractivity (Wildman–Crippen MR) is 168 cm³/mol. The monoisotopic (exact) mass is 586 g/mol. The standard InChI is InChI=1S/C36H30N2O6/c39-37(40)30-10-18-34(19-11-30)43-32-14-6-28(7-15-32)36(24-22-27(23-25-36)26-4-2-1-3-5-26)29-8-16-33(17-9-29)44-35-20-12-31(13-21-35)38(41)42/h1-21,27H,22-25H2. The molecule has 0 bridgehead atoms. The normalized spacial score (nSPS) is 14.5. The molecule has 1 fully saturated rings. The molecule has 1 aliphatic carbocycles. The summed E-state index contributed by atoms with van der Waals surface area (Å²) in [6, 6.07) is 39.1. The van der Waals surface area contributed by atoms with Gasteiger partial charge in [-0.1, -0.05) is 54.6 Å². The number of nitro groups is 2. The molecular weight excluding hydrogens is 556 g/mol. The van der Waals surface area contributed by atoms with Crippen molar-refractivity contribution in [3.8, 4) is 23.0 Å². The molecule has 220 valence electrons. The molecule has 0 unspecified atom stereocenters. The largest absolute Gasteiger partial charge is 0.457 e. The molecule has 0 N–H and O–H groups in total. The summed E-state index contributed by atoms with van der Waals surface area (Å²) in [5.41, 5.74) is 3.60. The van der Waals surface area contributed by atoms with Crippen molar-refractivity contribution in [3.63, 3.8) is 0 Å². The summed E-state index contributed by atoms with van der Waals surface area (Å²) in [6.07, 6.45) is 4.04. The third kappa shape index (κ3) is 6.15. The zero-order valence-electron chi connectivity index (χ0n) is 23.9. The first-order valence-corrected chi connectivity index (χ1v) is 14.5. The number of ether oxygens (including phenoxy) is 2. The highest BCUT2D eigenvalue weighted by molar-refractivity contribution is 5.46. The van der Waals surface area contributed by atoms with Crippen LogP contribution >= 0.6 is 0 Å². The van der Waals surface area contributed by atoms with Crippen LogP contribution in [0.25, 0.3) is 0 Å². The summed E-state index contributed by atoms with van der Waals surface area (Å²) < 4.78 is 12.0. The molecule has 1 aliphatic rings. The molecule has 0 aromatic heterocycles. The lowest BCUT2D eigenvalue weighted by Crippen LogP contribution is -2.32. The molecule has 1 saturated carbocycles. The van der Waals surface area contributed by atoms with E-state index in [2.05, 4.69) is 54.6 Å². The highest BCUT2D eigenvalue weighted by Gasteiger charge is 2.39. The summed E-state index contributed by atoms with van der Waals surface area (Å²) in [5, 5.41) is 22.0. The molecule has 0 spiro atoms.